The van der Waals surface area contributed by atoms with Crippen LogP contribution in [0.25, 0.3) is 0 Å². The molecule has 2 atom stereocenters. The summed E-state index contributed by atoms with van der Waals surface area (Å²) in [6, 6.07) is 0.323. The van der Waals surface area contributed by atoms with E-state index >= 15 is 0 Å². The van der Waals surface area contributed by atoms with Crippen LogP contribution in [-0.4, -0.2) is 41.5 Å². The zero-order valence-electron chi connectivity index (χ0n) is 8.61. The van der Waals surface area contributed by atoms with Crippen LogP contribution in [0.3, 0.4) is 0 Å². The van der Waals surface area contributed by atoms with Gasteiger partial charge < -0.3 is 5.11 Å². The van der Waals surface area contributed by atoms with E-state index in [0.717, 1.165) is 38.8 Å². The van der Waals surface area contributed by atoms with Crippen LogP contribution >= 0.6 is 0 Å². The van der Waals surface area contributed by atoms with Crippen LogP contribution in [0.1, 0.15) is 32.1 Å². The van der Waals surface area contributed by atoms with Gasteiger partial charge in [0.1, 0.15) is 5.78 Å². The molecule has 2 unspecified atom stereocenters. The monoisotopic (exact) mass is 197 g/mol. The number of aliphatic hydroxyl groups is 1. The third kappa shape index (κ3) is 1.98. The molecule has 2 fully saturated rings. The molecule has 0 radical (unpaired) electrons. The number of hydrogen-bond donors (Lipinski definition) is 1. The van der Waals surface area contributed by atoms with Crippen molar-refractivity contribution in [2.75, 3.05) is 19.7 Å². The van der Waals surface area contributed by atoms with Gasteiger partial charge in [-0.25, -0.2) is 0 Å². The molecule has 1 aliphatic carbocycles. The molecule has 80 valence electrons. The number of carbonyl (C=O) groups is 1. The van der Waals surface area contributed by atoms with E-state index in [0.29, 0.717) is 11.8 Å². The second-order valence-corrected chi connectivity index (χ2v) is 4.53. The first-order valence-corrected chi connectivity index (χ1v) is 5.69. The van der Waals surface area contributed by atoms with Gasteiger partial charge in [0.2, 0.25) is 0 Å². The minimum absolute atomic E-state index is 0.251. The molecule has 3 nitrogen and oxygen atoms in total. The number of aliphatic hydroxyl groups excluding tert-OH is 1. The van der Waals surface area contributed by atoms with Crippen molar-refractivity contribution in [3.63, 3.8) is 0 Å². The molecular weight excluding hydrogens is 178 g/mol. The summed E-state index contributed by atoms with van der Waals surface area (Å²) in [6.07, 6.45) is 5.18. The lowest BCUT2D eigenvalue weighted by molar-refractivity contribution is -0.121. The number of likely N-dealkylation sites (tertiary alicyclic amines) is 1. The summed E-state index contributed by atoms with van der Waals surface area (Å²) in [7, 11) is 0. The number of ketones is 1. The molecule has 0 aromatic carbocycles. The number of rotatable bonds is 3. The third-order valence-corrected chi connectivity index (χ3v) is 3.60. The summed E-state index contributed by atoms with van der Waals surface area (Å²) < 4.78 is 0. The molecule has 0 spiro atoms. The molecule has 1 N–H and O–H groups in total. The molecule has 0 aromatic rings. The number of nitrogens with zero attached hydrogens (tertiary/aromatic N) is 1. The first kappa shape index (κ1) is 10.1. The Morgan fingerprint density at radius 3 is 2.86 bits per heavy atom. The Hall–Kier alpha value is -0.410. The highest BCUT2D eigenvalue weighted by molar-refractivity contribution is 5.83. The van der Waals surface area contributed by atoms with E-state index in [1.165, 1.54) is 6.42 Å². The molecular formula is C11H19NO2. The highest BCUT2D eigenvalue weighted by atomic mass is 16.3. The summed E-state index contributed by atoms with van der Waals surface area (Å²) in [6.45, 7) is 2.21. The van der Waals surface area contributed by atoms with E-state index in [9.17, 15) is 4.79 Å². The molecule has 1 saturated carbocycles. The van der Waals surface area contributed by atoms with Gasteiger partial charge in [0, 0.05) is 24.9 Å². The predicted molar refractivity (Wildman–Crippen MR) is 54.0 cm³/mol. The topological polar surface area (TPSA) is 40.5 Å². The Morgan fingerprint density at radius 1 is 1.36 bits per heavy atom. The third-order valence-electron chi connectivity index (χ3n) is 3.60. The molecule has 0 bridgehead atoms. The van der Waals surface area contributed by atoms with Gasteiger partial charge in [0.05, 0.1) is 6.61 Å². The van der Waals surface area contributed by atoms with E-state index in [2.05, 4.69) is 4.90 Å². The van der Waals surface area contributed by atoms with Crippen LogP contribution in [-0.2, 0) is 4.79 Å². The van der Waals surface area contributed by atoms with Gasteiger partial charge in [0.25, 0.3) is 0 Å². The van der Waals surface area contributed by atoms with Gasteiger partial charge >= 0.3 is 0 Å². The number of hydrogen-bond acceptors (Lipinski definition) is 3. The van der Waals surface area contributed by atoms with Crippen LogP contribution in [0.4, 0.5) is 0 Å². The molecule has 0 amide bonds. The lowest BCUT2D eigenvalue weighted by Gasteiger charge is -2.25. The fraction of sp³-hybridized carbons (Fsp3) is 0.909. The maximum Gasteiger partial charge on any atom is 0.137 e. The van der Waals surface area contributed by atoms with Gasteiger partial charge in [-0.2, -0.15) is 0 Å². The average Bonchev–Trinajstić information content (AvgIpc) is 2.77. The van der Waals surface area contributed by atoms with Crippen molar-refractivity contribution in [2.24, 2.45) is 5.92 Å². The van der Waals surface area contributed by atoms with Crippen molar-refractivity contribution in [3.8, 4) is 0 Å². The summed E-state index contributed by atoms with van der Waals surface area (Å²) in [5.74, 6) is 0.704. The quantitative estimate of drug-likeness (QED) is 0.728. The normalized spacial score (nSPS) is 34.2. The number of carbonyl (C=O) groups excluding carboxylic acids is 1. The molecule has 1 aliphatic heterocycles. The van der Waals surface area contributed by atoms with Crippen LogP contribution in [0, 0.1) is 5.92 Å². The summed E-state index contributed by atoms with van der Waals surface area (Å²) in [4.78, 5) is 13.8. The lowest BCUT2D eigenvalue weighted by atomic mass is 10.1. The van der Waals surface area contributed by atoms with Crippen LogP contribution in [0.5, 0.6) is 0 Å². The number of Topliss-reactive ketones (excluding diaryl/α,β-unsaturated/α-hetero) is 1. The molecule has 1 saturated heterocycles. The highest BCUT2D eigenvalue weighted by Gasteiger charge is 2.31. The zero-order valence-corrected chi connectivity index (χ0v) is 8.61. The molecule has 1 heterocycles. The van der Waals surface area contributed by atoms with Crippen molar-refractivity contribution >= 4 is 5.78 Å². The molecule has 2 rings (SSSR count). The fourth-order valence-electron chi connectivity index (χ4n) is 2.71. The van der Waals surface area contributed by atoms with Crippen molar-refractivity contribution in [2.45, 2.75) is 38.1 Å². The van der Waals surface area contributed by atoms with Crippen molar-refractivity contribution in [1.29, 1.82) is 0 Å². The minimum Gasteiger partial charge on any atom is -0.395 e. The van der Waals surface area contributed by atoms with Gasteiger partial charge in [-0.3, -0.25) is 9.69 Å². The Kier molecular flexibility index (Phi) is 3.19. The lowest BCUT2D eigenvalue weighted by Crippen LogP contribution is -2.37. The van der Waals surface area contributed by atoms with Crippen LogP contribution in [0.15, 0.2) is 0 Å². The standard InChI is InChI=1S/C11H19NO2/c13-8-10-4-2-6-12(10)7-9-3-1-5-11(9)14/h9-10,13H,1-8H2. The maximum atomic E-state index is 11.5. The Morgan fingerprint density at radius 2 is 2.21 bits per heavy atom. The SMILES string of the molecule is O=C1CCCC1CN1CCCC1CO. The minimum atomic E-state index is 0.251. The second kappa shape index (κ2) is 4.41. The van der Waals surface area contributed by atoms with E-state index in [1.807, 2.05) is 0 Å². The highest BCUT2D eigenvalue weighted by Crippen LogP contribution is 2.25. The largest absolute Gasteiger partial charge is 0.395 e. The Labute approximate surface area is 85.1 Å². The Bertz CT molecular complexity index is 217. The van der Waals surface area contributed by atoms with Crippen LogP contribution in [0.2, 0.25) is 0 Å². The Balaban J connectivity index is 1.86. The van der Waals surface area contributed by atoms with E-state index < -0.39 is 0 Å². The zero-order chi connectivity index (χ0) is 9.97. The van der Waals surface area contributed by atoms with Crippen molar-refractivity contribution in [3.05, 3.63) is 0 Å². The van der Waals surface area contributed by atoms with Gasteiger partial charge in [0.15, 0.2) is 0 Å². The summed E-state index contributed by atoms with van der Waals surface area (Å²) >= 11 is 0. The maximum absolute atomic E-state index is 11.5. The smallest absolute Gasteiger partial charge is 0.137 e. The predicted octanol–water partition coefficient (Wildman–Crippen LogP) is 0.812. The second-order valence-electron chi connectivity index (χ2n) is 4.53. The summed E-state index contributed by atoms with van der Waals surface area (Å²) in [5, 5.41) is 9.15. The fourth-order valence-corrected chi connectivity index (χ4v) is 2.71. The van der Waals surface area contributed by atoms with Gasteiger partial charge in [-0.1, -0.05) is 0 Å². The van der Waals surface area contributed by atoms with E-state index in [4.69, 9.17) is 5.11 Å². The van der Waals surface area contributed by atoms with Gasteiger partial charge in [-0.15, -0.1) is 0 Å². The average molecular weight is 197 g/mol. The molecule has 2 aliphatic rings. The van der Waals surface area contributed by atoms with E-state index in [1.54, 1.807) is 0 Å². The first-order chi connectivity index (χ1) is 6.81. The molecule has 0 aromatic heterocycles. The first-order valence-electron chi connectivity index (χ1n) is 5.69. The summed E-state index contributed by atoms with van der Waals surface area (Å²) in [5.41, 5.74) is 0. The molecule has 3 heteroatoms. The van der Waals surface area contributed by atoms with Crippen molar-refractivity contribution < 1.29 is 9.90 Å². The van der Waals surface area contributed by atoms with E-state index in [-0.39, 0.29) is 12.5 Å². The van der Waals surface area contributed by atoms with Gasteiger partial charge in [-0.05, 0) is 32.2 Å². The van der Waals surface area contributed by atoms with Crippen molar-refractivity contribution in [1.82, 2.24) is 4.90 Å². The molecule has 14 heavy (non-hydrogen) atoms. The van der Waals surface area contributed by atoms with Crippen LogP contribution < -0.4 is 0 Å².